The zero-order valence-electron chi connectivity index (χ0n) is 8.46. The van der Waals surface area contributed by atoms with E-state index in [1.54, 1.807) is 7.11 Å². The Morgan fingerprint density at radius 3 is 2.79 bits per heavy atom. The quantitative estimate of drug-likeness (QED) is 0.806. The molecule has 3 heteroatoms. The standard InChI is InChI=1S/C11H14BrNO/c1-8-5-6-13(8)11-7-9(14-2)3-4-10(11)12/h3-4,7-8H,5-6H2,1-2H3. The zero-order chi connectivity index (χ0) is 10.1. The largest absolute Gasteiger partial charge is 0.497 e. The van der Waals surface area contributed by atoms with E-state index in [1.807, 2.05) is 12.1 Å². The second kappa shape index (κ2) is 3.81. The van der Waals surface area contributed by atoms with Gasteiger partial charge in [0.15, 0.2) is 0 Å². The molecule has 0 amide bonds. The Bertz CT molecular complexity index is 340. The Hall–Kier alpha value is -0.700. The lowest BCUT2D eigenvalue weighted by Crippen LogP contribution is -2.45. The molecule has 2 nitrogen and oxygen atoms in total. The Labute approximate surface area is 93.0 Å². The number of rotatable bonds is 2. The van der Waals surface area contributed by atoms with Gasteiger partial charge < -0.3 is 9.64 Å². The highest BCUT2D eigenvalue weighted by Gasteiger charge is 2.25. The highest BCUT2D eigenvalue weighted by Crippen LogP contribution is 2.35. The predicted octanol–water partition coefficient (Wildman–Crippen LogP) is 3.06. The zero-order valence-corrected chi connectivity index (χ0v) is 10.0. The SMILES string of the molecule is COc1ccc(Br)c(N2CCC2C)c1. The topological polar surface area (TPSA) is 12.5 Å². The number of methoxy groups -OCH3 is 1. The second-order valence-corrected chi connectivity index (χ2v) is 4.50. The Morgan fingerprint density at radius 2 is 2.29 bits per heavy atom. The van der Waals surface area contributed by atoms with Gasteiger partial charge in [0.25, 0.3) is 0 Å². The molecule has 1 heterocycles. The molecule has 0 N–H and O–H groups in total. The van der Waals surface area contributed by atoms with Crippen molar-refractivity contribution in [2.24, 2.45) is 0 Å². The molecule has 14 heavy (non-hydrogen) atoms. The number of hydrogen-bond donors (Lipinski definition) is 0. The summed E-state index contributed by atoms with van der Waals surface area (Å²) in [5, 5.41) is 0. The first-order valence-corrected chi connectivity index (χ1v) is 5.62. The minimum absolute atomic E-state index is 0.651. The molecule has 2 rings (SSSR count). The molecule has 0 bridgehead atoms. The second-order valence-electron chi connectivity index (χ2n) is 3.65. The fraction of sp³-hybridized carbons (Fsp3) is 0.455. The first-order valence-electron chi connectivity index (χ1n) is 4.82. The van der Waals surface area contributed by atoms with Gasteiger partial charge in [0.1, 0.15) is 5.75 Å². The van der Waals surface area contributed by atoms with Gasteiger partial charge in [-0.25, -0.2) is 0 Å². The van der Waals surface area contributed by atoms with E-state index in [2.05, 4.69) is 33.8 Å². The average molecular weight is 256 g/mol. The van der Waals surface area contributed by atoms with Crippen molar-refractivity contribution in [3.05, 3.63) is 22.7 Å². The number of anilines is 1. The number of nitrogens with zero attached hydrogens (tertiary/aromatic N) is 1. The molecule has 0 saturated carbocycles. The van der Waals surface area contributed by atoms with Gasteiger partial charge in [-0.15, -0.1) is 0 Å². The highest BCUT2D eigenvalue weighted by atomic mass is 79.9. The summed E-state index contributed by atoms with van der Waals surface area (Å²) in [6.45, 7) is 3.39. The Balaban J connectivity index is 2.31. The van der Waals surface area contributed by atoms with Crippen LogP contribution in [0.4, 0.5) is 5.69 Å². The van der Waals surface area contributed by atoms with Gasteiger partial charge in [-0.05, 0) is 41.4 Å². The predicted molar refractivity (Wildman–Crippen MR) is 62.1 cm³/mol. The van der Waals surface area contributed by atoms with Crippen molar-refractivity contribution in [3.8, 4) is 5.75 Å². The third-order valence-corrected chi connectivity index (χ3v) is 3.45. The van der Waals surface area contributed by atoms with Crippen LogP contribution in [0.1, 0.15) is 13.3 Å². The molecule has 0 spiro atoms. The summed E-state index contributed by atoms with van der Waals surface area (Å²) >= 11 is 3.57. The Kier molecular flexibility index (Phi) is 2.68. The summed E-state index contributed by atoms with van der Waals surface area (Å²) in [5.74, 6) is 0.919. The van der Waals surface area contributed by atoms with Gasteiger partial charge in [-0.3, -0.25) is 0 Å². The lowest BCUT2D eigenvalue weighted by molar-refractivity contribution is 0.413. The normalized spacial score (nSPS) is 20.5. The third-order valence-electron chi connectivity index (χ3n) is 2.78. The van der Waals surface area contributed by atoms with E-state index in [-0.39, 0.29) is 0 Å². The van der Waals surface area contributed by atoms with Gasteiger partial charge in [-0.2, -0.15) is 0 Å². The monoisotopic (exact) mass is 255 g/mol. The van der Waals surface area contributed by atoms with E-state index >= 15 is 0 Å². The van der Waals surface area contributed by atoms with E-state index in [1.165, 1.54) is 12.1 Å². The number of benzene rings is 1. The van der Waals surface area contributed by atoms with Crippen molar-refractivity contribution in [1.82, 2.24) is 0 Å². The summed E-state index contributed by atoms with van der Waals surface area (Å²) < 4.78 is 6.36. The molecule has 0 aromatic heterocycles. The maximum atomic E-state index is 5.22. The molecule has 1 saturated heterocycles. The number of ether oxygens (including phenoxy) is 1. The summed E-state index contributed by atoms with van der Waals surface area (Å²) in [7, 11) is 1.70. The fourth-order valence-electron chi connectivity index (χ4n) is 1.71. The van der Waals surface area contributed by atoms with Crippen LogP contribution in [0.15, 0.2) is 22.7 Å². The van der Waals surface area contributed by atoms with E-state index < -0.39 is 0 Å². The molecule has 1 unspecified atom stereocenters. The molecule has 1 aliphatic rings. The average Bonchev–Trinajstić information content (AvgIpc) is 2.19. The Morgan fingerprint density at radius 1 is 1.50 bits per heavy atom. The van der Waals surface area contributed by atoms with E-state index in [0.717, 1.165) is 16.8 Å². The lowest BCUT2D eigenvalue weighted by atomic mass is 10.0. The van der Waals surface area contributed by atoms with Crippen molar-refractivity contribution in [1.29, 1.82) is 0 Å². The molecule has 0 aliphatic carbocycles. The first-order chi connectivity index (χ1) is 6.72. The van der Waals surface area contributed by atoms with E-state index in [4.69, 9.17) is 4.74 Å². The summed E-state index contributed by atoms with van der Waals surface area (Å²) in [4.78, 5) is 2.38. The summed E-state index contributed by atoms with van der Waals surface area (Å²) in [6.07, 6.45) is 1.28. The molecule has 0 radical (unpaired) electrons. The van der Waals surface area contributed by atoms with Crippen molar-refractivity contribution in [2.75, 3.05) is 18.6 Å². The highest BCUT2D eigenvalue weighted by molar-refractivity contribution is 9.10. The maximum Gasteiger partial charge on any atom is 0.121 e. The van der Waals surface area contributed by atoms with Gasteiger partial charge in [0.2, 0.25) is 0 Å². The number of halogens is 1. The van der Waals surface area contributed by atoms with Crippen LogP contribution >= 0.6 is 15.9 Å². The third kappa shape index (κ3) is 1.61. The first kappa shape index (κ1) is 9.84. The van der Waals surface area contributed by atoms with Gasteiger partial charge in [-0.1, -0.05) is 0 Å². The molecule has 1 aromatic rings. The van der Waals surface area contributed by atoms with Gasteiger partial charge in [0.05, 0.1) is 12.8 Å². The van der Waals surface area contributed by atoms with Crippen molar-refractivity contribution < 1.29 is 4.74 Å². The lowest BCUT2D eigenvalue weighted by Gasteiger charge is -2.41. The molecule has 1 aliphatic heterocycles. The molecule has 1 fully saturated rings. The van der Waals surface area contributed by atoms with Crippen LogP contribution < -0.4 is 9.64 Å². The van der Waals surface area contributed by atoms with Crippen LogP contribution in [-0.4, -0.2) is 19.7 Å². The molecule has 1 atom stereocenters. The van der Waals surface area contributed by atoms with Gasteiger partial charge in [0, 0.05) is 23.1 Å². The minimum atomic E-state index is 0.651. The van der Waals surface area contributed by atoms with Crippen LogP contribution in [0.5, 0.6) is 5.75 Å². The van der Waals surface area contributed by atoms with E-state index in [0.29, 0.717) is 6.04 Å². The van der Waals surface area contributed by atoms with Crippen molar-refractivity contribution in [2.45, 2.75) is 19.4 Å². The summed E-state index contributed by atoms with van der Waals surface area (Å²) in [5.41, 5.74) is 1.24. The minimum Gasteiger partial charge on any atom is -0.497 e. The van der Waals surface area contributed by atoms with Crippen LogP contribution in [0.2, 0.25) is 0 Å². The van der Waals surface area contributed by atoms with Crippen LogP contribution in [0.3, 0.4) is 0 Å². The smallest absolute Gasteiger partial charge is 0.121 e. The molecule has 76 valence electrons. The van der Waals surface area contributed by atoms with E-state index in [9.17, 15) is 0 Å². The van der Waals surface area contributed by atoms with Gasteiger partial charge >= 0.3 is 0 Å². The number of hydrogen-bond acceptors (Lipinski definition) is 2. The van der Waals surface area contributed by atoms with Crippen molar-refractivity contribution >= 4 is 21.6 Å². The van der Waals surface area contributed by atoms with Crippen molar-refractivity contribution in [3.63, 3.8) is 0 Å². The molecular formula is C11H14BrNO. The van der Waals surface area contributed by atoms with Crippen LogP contribution in [0.25, 0.3) is 0 Å². The summed E-state index contributed by atoms with van der Waals surface area (Å²) in [6, 6.07) is 6.75. The molecule has 1 aromatic carbocycles. The fourth-order valence-corrected chi connectivity index (χ4v) is 2.19. The van der Waals surface area contributed by atoms with Crippen LogP contribution in [0, 0.1) is 0 Å². The maximum absolute atomic E-state index is 5.22. The molecular weight excluding hydrogens is 242 g/mol. The van der Waals surface area contributed by atoms with Crippen LogP contribution in [-0.2, 0) is 0 Å².